The van der Waals surface area contributed by atoms with E-state index in [9.17, 15) is 4.79 Å². The standard InChI is InChI=1S/C15H22O/c1-8-6-13-11-4-5-12(7-11)15(13)9(2)14(8)10(3)16/h9,11-13,15H,4-7H2,1-3H3/t9-,11-,12+,13+,15-/m1/s1. The lowest BCUT2D eigenvalue weighted by atomic mass is 9.63. The van der Waals surface area contributed by atoms with Gasteiger partial charge in [0.1, 0.15) is 0 Å². The van der Waals surface area contributed by atoms with Crippen LogP contribution in [0.3, 0.4) is 0 Å². The van der Waals surface area contributed by atoms with Crippen molar-refractivity contribution in [1.82, 2.24) is 0 Å². The largest absolute Gasteiger partial charge is 0.295 e. The molecule has 0 aromatic rings. The number of fused-ring (bicyclic) bond motifs is 5. The molecule has 2 saturated carbocycles. The van der Waals surface area contributed by atoms with Gasteiger partial charge in [-0.05, 0) is 74.7 Å². The second-order valence-corrected chi connectivity index (χ2v) is 6.32. The molecule has 0 aliphatic heterocycles. The fourth-order valence-corrected chi connectivity index (χ4v) is 5.20. The molecule has 3 aliphatic carbocycles. The zero-order valence-electron chi connectivity index (χ0n) is 10.6. The highest BCUT2D eigenvalue weighted by Gasteiger charge is 2.52. The number of rotatable bonds is 1. The van der Waals surface area contributed by atoms with Crippen molar-refractivity contribution in [1.29, 1.82) is 0 Å². The molecule has 0 aromatic carbocycles. The van der Waals surface area contributed by atoms with E-state index < -0.39 is 0 Å². The van der Waals surface area contributed by atoms with Crippen LogP contribution in [0.5, 0.6) is 0 Å². The first-order valence-electron chi connectivity index (χ1n) is 6.80. The normalized spacial score (nSPS) is 46.1. The molecule has 2 bridgehead atoms. The molecule has 88 valence electrons. The first-order valence-corrected chi connectivity index (χ1v) is 6.80. The molecule has 2 fully saturated rings. The minimum atomic E-state index is 0.325. The van der Waals surface area contributed by atoms with E-state index in [4.69, 9.17) is 0 Å². The average molecular weight is 218 g/mol. The Morgan fingerprint density at radius 3 is 2.62 bits per heavy atom. The molecule has 16 heavy (non-hydrogen) atoms. The maximum Gasteiger partial charge on any atom is 0.156 e. The Kier molecular flexibility index (Phi) is 2.28. The number of Topliss-reactive ketones (excluding diaryl/α,β-unsaturated/α-hetero) is 1. The van der Waals surface area contributed by atoms with Crippen molar-refractivity contribution in [3.8, 4) is 0 Å². The Morgan fingerprint density at radius 2 is 1.94 bits per heavy atom. The van der Waals surface area contributed by atoms with Gasteiger partial charge in [-0.15, -0.1) is 0 Å². The van der Waals surface area contributed by atoms with Crippen LogP contribution in [0.1, 0.15) is 46.5 Å². The van der Waals surface area contributed by atoms with Crippen LogP contribution >= 0.6 is 0 Å². The first kappa shape index (κ1) is 10.6. The van der Waals surface area contributed by atoms with Crippen molar-refractivity contribution in [2.24, 2.45) is 29.6 Å². The Labute approximate surface area is 98.3 Å². The van der Waals surface area contributed by atoms with Crippen molar-refractivity contribution in [3.05, 3.63) is 11.1 Å². The van der Waals surface area contributed by atoms with Crippen molar-refractivity contribution in [2.75, 3.05) is 0 Å². The Balaban J connectivity index is 1.98. The lowest BCUT2D eigenvalue weighted by Crippen LogP contribution is -2.34. The third-order valence-electron chi connectivity index (χ3n) is 5.57. The summed E-state index contributed by atoms with van der Waals surface area (Å²) in [5, 5.41) is 0. The second kappa shape index (κ2) is 3.45. The molecule has 1 nitrogen and oxygen atoms in total. The highest BCUT2D eigenvalue weighted by atomic mass is 16.1. The van der Waals surface area contributed by atoms with E-state index in [1.807, 2.05) is 0 Å². The van der Waals surface area contributed by atoms with Crippen LogP contribution in [0.15, 0.2) is 11.1 Å². The Bertz CT molecular complexity index is 366. The van der Waals surface area contributed by atoms with E-state index in [2.05, 4.69) is 13.8 Å². The lowest BCUT2D eigenvalue weighted by molar-refractivity contribution is -0.114. The van der Waals surface area contributed by atoms with E-state index >= 15 is 0 Å². The monoisotopic (exact) mass is 218 g/mol. The molecule has 0 aromatic heterocycles. The van der Waals surface area contributed by atoms with Crippen LogP contribution in [-0.2, 0) is 4.79 Å². The summed E-state index contributed by atoms with van der Waals surface area (Å²) >= 11 is 0. The summed E-state index contributed by atoms with van der Waals surface area (Å²) < 4.78 is 0. The van der Waals surface area contributed by atoms with Crippen molar-refractivity contribution in [3.63, 3.8) is 0 Å². The molecule has 0 spiro atoms. The Morgan fingerprint density at radius 1 is 1.25 bits per heavy atom. The van der Waals surface area contributed by atoms with Crippen LogP contribution in [0.4, 0.5) is 0 Å². The van der Waals surface area contributed by atoms with E-state index in [1.165, 1.54) is 36.8 Å². The maximum atomic E-state index is 11.8. The topological polar surface area (TPSA) is 17.1 Å². The van der Waals surface area contributed by atoms with E-state index in [1.54, 1.807) is 6.92 Å². The molecule has 3 rings (SSSR count). The summed E-state index contributed by atoms with van der Waals surface area (Å²) in [7, 11) is 0. The predicted molar refractivity (Wildman–Crippen MR) is 65.0 cm³/mol. The van der Waals surface area contributed by atoms with Gasteiger partial charge in [-0.1, -0.05) is 12.5 Å². The van der Waals surface area contributed by atoms with Crippen LogP contribution in [0, 0.1) is 29.6 Å². The fraction of sp³-hybridized carbons (Fsp3) is 0.800. The number of carbonyl (C=O) groups is 1. The highest BCUT2D eigenvalue weighted by Crippen LogP contribution is 2.59. The molecular formula is C15H22O. The second-order valence-electron chi connectivity index (χ2n) is 6.32. The molecule has 0 amide bonds. The number of hydrogen-bond acceptors (Lipinski definition) is 1. The summed E-state index contributed by atoms with van der Waals surface area (Å²) in [4.78, 5) is 11.8. The van der Waals surface area contributed by atoms with Gasteiger partial charge in [0, 0.05) is 0 Å². The van der Waals surface area contributed by atoms with Gasteiger partial charge in [0.25, 0.3) is 0 Å². The van der Waals surface area contributed by atoms with Crippen molar-refractivity contribution < 1.29 is 4.79 Å². The smallest absolute Gasteiger partial charge is 0.156 e. The van der Waals surface area contributed by atoms with Gasteiger partial charge < -0.3 is 0 Å². The number of allylic oxidation sites excluding steroid dienone is 2. The maximum absolute atomic E-state index is 11.8. The van der Waals surface area contributed by atoms with Crippen molar-refractivity contribution >= 4 is 5.78 Å². The van der Waals surface area contributed by atoms with Crippen molar-refractivity contribution in [2.45, 2.75) is 46.5 Å². The van der Waals surface area contributed by atoms with Crippen LogP contribution in [0.25, 0.3) is 0 Å². The zero-order valence-corrected chi connectivity index (χ0v) is 10.6. The van der Waals surface area contributed by atoms with Gasteiger partial charge in [0.15, 0.2) is 5.78 Å². The van der Waals surface area contributed by atoms with Gasteiger partial charge in [-0.2, -0.15) is 0 Å². The predicted octanol–water partition coefficient (Wildman–Crippen LogP) is 3.59. The number of ketones is 1. The van der Waals surface area contributed by atoms with E-state index in [-0.39, 0.29) is 0 Å². The molecule has 0 radical (unpaired) electrons. The minimum Gasteiger partial charge on any atom is -0.295 e. The molecule has 0 N–H and O–H groups in total. The summed E-state index contributed by atoms with van der Waals surface area (Å²) in [5.74, 6) is 4.53. The molecule has 0 unspecified atom stereocenters. The Hall–Kier alpha value is -0.590. The molecular weight excluding hydrogens is 196 g/mol. The van der Waals surface area contributed by atoms with Crippen LogP contribution < -0.4 is 0 Å². The summed E-state index contributed by atoms with van der Waals surface area (Å²) in [6.07, 6.45) is 5.56. The summed E-state index contributed by atoms with van der Waals surface area (Å²) in [6, 6.07) is 0. The zero-order chi connectivity index (χ0) is 11.4. The third kappa shape index (κ3) is 1.26. The molecule has 5 atom stereocenters. The van der Waals surface area contributed by atoms with E-state index in [0.717, 1.165) is 23.7 Å². The fourth-order valence-electron chi connectivity index (χ4n) is 5.20. The quantitative estimate of drug-likeness (QED) is 0.657. The first-order chi connectivity index (χ1) is 7.59. The van der Waals surface area contributed by atoms with Gasteiger partial charge >= 0.3 is 0 Å². The number of carbonyl (C=O) groups excluding carboxylic acids is 1. The lowest BCUT2D eigenvalue weighted by Gasteiger charge is -2.41. The summed E-state index contributed by atoms with van der Waals surface area (Å²) in [5.41, 5.74) is 2.57. The molecule has 0 saturated heterocycles. The van der Waals surface area contributed by atoms with Crippen LogP contribution in [0.2, 0.25) is 0 Å². The summed E-state index contributed by atoms with van der Waals surface area (Å²) in [6.45, 7) is 6.25. The minimum absolute atomic E-state index is 0.325. The average Bonchev–Trinajstić information content (AvgIpc) is 2.76. The van der Waals surface area contributed by atoms with Gasteiger partial charge in [0.2, 0.25) is 0 Å². The molecule has 1 heteroatoms. The highest BCUT2D eigenvalue weighted by molar-refractivity contribution is 5.94. The van der Waals surface area contributed by atoms with Gasteiger partial charge in [-0.25, -0.2) is 0 Å². The van der Waals surface area contributed by atoms with Crippen LogP contribution in [-0.4, -0.2) is 5.78 Å². The molecule has 3 aliphatic rings. The van der Waals surface area contributed by atoms with Gasteiger partial charge in [0.05, 0.1) is 0 Å². The SMILES string of the molecule is CC(=O)C1=C(C)C[C@H]2[C@@H]3CC[C@@H](C3)[C@H]2[C@@H]1C. The molecule has 0 heterocycles. The van der Waals surface area contributed by atoms with Gasteiger partial charge in [-0.3, -0.25) is 4.79 Å². The number of hydrogen-bond donors (Lipinski definition) is 0. The third-order valence-corrected chi connectivity index (χ3v) is 5.57. The van der Waals surface area contributed by atoms with E-state index in [0.29, 0.717) is 11.7 Å².